The van der Waals surface area contributed by atoms with Gasteiger partial charge in [-0.15, -0.1) is 0 Å². The number of hydrogen-bond donors (Lipinski definition) is 1. The Morgan fingerprint density at radius 3 is 2.67 bits per heavy atom. The molecular formula is C20H14F3N5O2. The molecule has 3 aromatic heterocycles. The second kappa shape index (κ2) is 7.47. The van der Waals surface area contributed by atoms with Gasteiger partial charge in [-0.3, -0.25) is 9.66 Å². The fraction of sp³-hybridized carbons (Fsp3) is 0.100. The molecule has 4 aromatic rings. The van der Waals surface area contributed by atoms with Crippen molar-refractivity contribution >= 4 is 17.0 Å². The van der Waals surface area contributed by atoms with Gasteiger partial charge >= 0.3 is 12.3 Å². The molecule has 0 aliphatic carbocycles. The number of alkyl halides is 3. The molecule has 0 saturated heterocycles. The third-order valence-electron chi connectivity index (χ3n) is 4.26. The number of carbonyl (C=O) groups is 1. The second-order valence-electron chi connectivity index (χ2n) is 6.32. The summed E-state index contributed by atoms with van der Waals surface area (Å²) >= 11 is 0. The van der Waals surface area contributed by atoms with Crippen molar-refractivity contribution in [3.63, 3.8) is 0 Å². The van der Waals surface area contributed by atoms with E-state index >= 15 is 0 Å². The highest BCUT2D eigenvalue weighted by atomic mass is 19.4. The van der Waals surface area contributed by atoms with E-state index in [2.05, 4.69) is 20.4 Å². The standard InChI is InChI=1S/C20H14F3N5O2/c1-12-17(11-25-18(26-12)15-4-2-3-8-24-15)30-19(29)27-28-9-7-13-5-6-14(10-16(13)28)20(21,22)23/h2-11H,1H3,(H,27,29). The summed E-state index contributed by atoms with van der Waals surface area (Å²) in [5.41, 5.74) is 2.71. The van der Waals surface area contributed by atoms with E-state index in [-0.39, 0.29) is 11.3 Å². The van der Waals surface area contributed by atoms with Gasteiger partial charge in [-0.2, -0.15) is 13.2 Å². The normalized spacial score (nSPS) is 11.5. The van der Waals surface area contributed by atoms with Crippen LogP contribution in [0.1, 0.15) is 11.3 Å². The van der Waals surface area contributed by atoms with Crippen LogP contribution < -0.4 is 10.2 Å². The molecule has 0 atom stereocenters. The number of rotatable bonds is 3. The van der Waals surface area contributed by atoms with Gasteiger partial charge in [0, 0.05) is 17.8 Å². The van der Waals surface area contributed by atoms with Crippen molar-refractivity contribution < 1.29 is 22.7 Å². The molecular weight excluding hydrogens is 399 g/mol. The summed E-state index contributed by atoms with van der Waals surface area (Å²) in [6.45, 7) is 1.64. The fourth-order valence-corrected chi connectivity index (χ4v) is 2.80. The molecule has 0 aliphatic heterocycles. The van der Waals surface area contributed by atoms with Crippen LogP contribution in [0.4, 0.5) is 18.0 Å². The Balaban J connectivity index is 1.53. The molecule has 3 heterocycles. The molecule has 0 fully saturated rings. The van der Waals surface area contributed by atoms with Crippen LogP contribution in [0.15, 0.2) is 61.1 Å². The number of nitrogens with one attached hydrogen (secondary N) is 1. The van der Waals surface area contributed by atoms with E-state index in [1.54, 1.807) is 37.4 Å². The summed E-state index contributed by atoms with van der Waals surface area (Å²) in [7, 11) is 0. The Morgan fingerprint density at radius 1 is 1.13 bits per heavy atom. The summed E-state index contributed by atoms with van der Waals surface area (Å²) in [4.78, 5) is 24.8. The van der Waals surface area contributed by atoms with Gasteiger partial charge in [0.2, 0.25) is 0 Å². The lowest BCUT2D eigenvalue weighted by Crippen LogP contribution is -2.25. The first-order valence-corrected chi connectivity index (χ1v) is 8.73. The molecule has 4 rings (SSSR count). The molecule has 0 radical (unpaired) electrons. The maximum Gasteiger partial charge on any atom is 0.432 e. The van der Waals surface area contributed by atoms with E-state index < -0.39 is 17.8 Å². The van der Waals surface area contributed by atoms with Crippen LogP contribution in [-0.4, -0.2) is 25.7 Å². The molecule has 1 aromatic carbocycles. The van der Waals surface area contributed by atoms with Gasteiger partial charge in [-0.1, -0.05) is 12.1 Å². The smallest absolute Gasteiger partial charge is 0.406 e. The number of aryl methyl sites for hydroxylation is 1. The minimum absolute atomic E-state index is 0.111. The summed E-state index contributed by atoms with van der Waals surface area (Å²) in [5.74, 6) is 0.483. The minimum atomic E-state index is -4.49. The van der Waals surface area contributed by atoms with Gasteiger partial charge in [-0.05, 0) is 37.3 Å². The predicted molar refractivity (Wildman–Crippen MR) is 102 cm³/mol. The molecule has 10 heteroatoms. The van der Waals surface area contributed by atoms with Gasteiger partial charge in [0.15, 0.2) is 11.6 Å². The lowest BCUT2D eigenvalue weighted by molar-refractivity contribution is -0.137. The molecule has 1 N–H and O–H groups in total. The van der Waals surface area contributed by atoms with E-state index in [4.69, 9.17) is 4.74 Å². The van der Waals surface area contributed by atoms with Crippen molar-refractivity contribution in [3.05, 3.63) is 72.3 Å². The molecule has 7 nitrogen and oxygen atoms in total. The number of ether oxygens (including phenoxy) is 1. The van der Waals surface area contributed by atoms with E-state index in [0.717, 1.165) is 16.8 Å². The van der Waals surface area contributed by atoms with Gasteiger partial charge in [0.1, 0.15) is 5.69 Å². The summed E-state index contributed by atoms with van der Waals surface area (Å²) in [6, 6.07) is 10.1. The monoisotopic (exact) mass is 413 g/mol. The summed E-state index contributed by atoms with van der Waals surface area (Å²) in [5, 5.41) is 0.530. The van der Waals surface area contributed by atoms with Gasteiger partial charge < -0.3 is 4.74 Å². The number of carbonyl (C=O) groups excluding carboxylic acids is 1. The van der Waals surface area contributed by atoms with Crippen molar-refractivity contribution in [1.29, 1.82) is 0 Å². The highest BCUT2D eigenvalue weighted by Gasteiger charge is 2.30. The number of aromatic nitrogens is 4. The average molecular weight is 413 g/mol. The minimum Gasteiger partial charge on any atom is -0.406 e. The van der Waals surface area contributed by atoms with Crippen LogP contribution in [0, 0.1) is 6.92 Å². The van der Waals surface area contributed by atoms with Crippen LogP contribution in [0.2, 0.25) is 0 Å². The Hall–Kier alpha value is -3.95. The molecule has 0 bridgehead atoms. The Kier molecular flexibility index (Phi) is 4.82. The van der Waals surface area contributed by atoms with Crippen molar-refractivity contribution in [2.24, 2.45) is 0 Å². The van der Waals surface area contributed by atoms with Crippen LogP contribution in [0.25, 0.3) is 22.4 Å². The number of pyridine rings is 1. The number of halogens is 3. The maximum atomic E-state index is 13.0. The highest BCUT2D eigenvalue weighted by molar-refractivity contribution is 5.85. The average Bonchev–Trinajstić information content (AvgIpc) is 3.11. The summed E-state index contributed by atoms with van der Waals surface area (Å²) in [6.07, 6.45) is -1.02. The molecule has 0 saturated carbocycles. The van der Waals surface area contributed by atoms with Crippen molar-refractivity contribution in [3.8, 4) is 17.3 Å². The zero-order chi connectivity index (χ0) is 21.3. The van der Waals surface area contributed by atoms with Crippen LogP contribution in [0.3, 0.4) is 0 Å². The van der Waals surface area contributed by atoms with Gasteiger partial charge in [0.25, 0.3) is 0 Å². The van der Waals surface area contributed by atoms with Gasteiger partial charge in [0.05, 0.1) is 23.0 Å². The van der Waals surface area contributed by atoms with E-state index in [1.807, 2.05) is 0 Å². The number of hydrogen-bond acceptors (Lipinski definition) is 5. The SMILES string of the molecule is Cc1nc(-c2ccccn2)ncc1OC(=O)Nn1ccc2ccc(C(F)(F)F)cc21. The first-order chi connectivity index (χ1) is 14.3. The third kappa shape index (κ3) is 3.93. The Bertz CT molecular complexity index is 1220. The van der Waals surface area contributed by atoms with Crippen LogP contribution in [0.5, 0.6) is 5.75 Å². The number of fused-ring (bicyclic) bond motifs is 1. The number of nitrogens with zero attached hydrogens (tertiary/aromatic N) is 4. The first kappa shape index (κ1) is 19.4. The van der Waals surface area contributed by atoms with Crippen molar-refractivity contribution in [2.45, 2.75) is 13.1 Å². The number of amides is 1. The molecule has 152 valence electrons. The lowest BCUT2D eigenvalue weighted by Gasteiger charge is -2.11. The van der Waals surface area contributed by atoms with Crippen molar-refractivity contribution in [1.82, 2.24) is 19.6 Å². The topological polar surface area (TPSA) is 81.9 Å². The molecule has 0 aliphatic rings. The second-order valence-corrected chi connectivity index (χ2v) is 6.32. The van der Waals surface area contributed by atoms with E-state index in [1.165, 1.54) is 18.5 Å². The first-order valence-electron chi connectivity index (χ1n) is 8.73. The zero-order valence-corrected chi connectivity index (χ0v) is 15.5. The van der Waals surface area contributed by atoms with E-state index in [9.17, 15) is 18.0 Å². The number of benzene rings is 1. The molecule has 30 heavy (non-hydrogen) atoms. The van der Waals surface area contributed by atoms with Crippen molar-refractivity contribution in [2.75, 3.05) is 5.43 Å². The molecule has 0 unspecified atom stereocenters. The Morgan fingerprint density at radius 2 is 1.97 bits per heavy atom. The lowest BCUT2D eigenvalue weighted by atomic mass is 10.1. The quantitative estimate of drug-likeness (QED) is 0.532. The van der Waals surface area contributed by atoms with Gasteiger partial charge in [-0.25, -0.2) is 20.2 Å². The largest absolute Gasteiger partial charge is 0.432 e. The zero-order valence-electron chi connectivity index (χ0n) is 15.5. The third-order valence-corrected chi connectivity index (χ3v) is 4.26. The van der Waals surface area contributed by atoms with Crippen LogP contribution in [-0.2, 0) is 6.18 Å². The predicted octanol–water partition coefficient (Wildman–Crippen LogP) is 4.56. The highest BCUT2D eigenvalue weighted by Crippen LogP contribution is 2.31. The Labute approximate surface area is 168 Å². The molecule has 1 amide bonds. The summed E-state index contributed by atoms with van der Waals surface area (Å²) < 4.78 is 45.3. The maximum absolute atomic E-state index is 13.0. The molecule has 0 spiro atoms. The van der Waals surface area contributed by atoms with Crippen LogP contribution >= 0.6 is 0 Å². The fourth-order valence-electron chi connectivity index (χ4n) is 2.80. The van der Waals surface area contributed by atoms with E-state index in [0.29, 0.717) is 22.6 Å².